The van der Waals surface area contributed by atoms with E-state index in [0.29, 0.717) is 17.7 Å². The maximum Gasteiger partial charge on any atom is 0.255 e. The molecule has 0 spiro atoms. The molecule has 0 aliphatic rings. The number of amides is 1. The highest BCUT2D eigenvalue weighted by atomic mass is 16.3. The van der Waals surface area contributed by atoms with E-state index in [2.05, 4.69) is 16.8 Å². The second kappa shape index (κ2) is 6.73. The standard InChI is InChI=1S/C16H17N3O2/c1-12-14(5-7-21-12)11-19(2)16(20)15-8-13(4-3-6-17)9-18-10-15/h5,7-10H,6,11,17H2,1-2H3. The Kier molecular flexibility index (Phi) is 4.75. The molecule has 0 aliphatic heterocycles. The maximum atomic E-state index is 12.4. The molecule has 0 unspecified atom stereocenters. The first-order chi connectivity index (χ1) is 10.1. The topological polar surface area (TPSA) is 72.4 Å². The van der Waals surface area contributed by atoms with E-state index in [0.717, 1.165) is 11.3 Å². The molecular formula is C16H17N3O2. The zero-order valence-corrected chi connectivity index (χ0v) is 12.1. The number of rotatable bonds is 3. The quantitative estimate of drug-likeness (QED) is 0.868. The highest BCUT2D eigenvalue weighted by Crippen LogP contribution is 2.13. The van der Waals surface area contributed by atoms with Crippen molar-refractivity contribution in [2.24, 2.45) is 5.73 Å². The number of nitrogens with two attached hydrogens (primary N) is 1. The Morgan fingerprint density at radius 3 is 2.95 bits per heavy atom. The minimum Gasteiger partial charge on any atom is -0.469 e. The first-order valence-electron chi connectivity index (χ1n) is 6.54. The highest BCUT2D eigenvalue weighted by Gasteiger charge is 2.14. The molecule has 2 N–H and O–H groups in total. The average Bonchev–Trinajstić information content (AvgIpc) is 2.90. The van der Waals surface area contributed by atoms with Gasteiger partial charge in [0.1, 0.15) is 5.76 Å². The molecule has 21 heavy (non-hydrogen) atoms. The first kappa shape index (κ1) is 14.8. The molecule has 2 rings (SSSR count). The Balaban J connectivity index is 2.14. The van der Waals surface area contributed by atoms with Crippen LogP contribution in [0.2, 0.25) is 0 Å². The van der Waals surface area contributed by atoms with Gasteiger partial charge in [-0.1, -0.05) is 11.8 Å². The molecule has 0 atom stereocenters. The van der Waals surface area contributed by atoms with Crippen molar-refractivity contribution in [1.82, 2.24) is 9.88 Å². The SMILES string of the molecule is Cc1occc1CN(C)C(=O)c1cncc(C#CCN)c1. The molecule has 0 aliphatic carbocycles. The van der Waals surface area contributed by atoms with Crippen molar-refractivity contribution >= 4 is 5.91 Å². The van der Waals surface area contributed by atoms with E-state index in [1.807, 2.05) is 13.0 Å². The van der Waals surface area contributed by atoms with Gasteiger partial charge in [-0.3, -0.25) is 9.78 Å². The van der Waals surface area contributed by atoms with Gasteiger partial charge in [-0.05, 0) is 19.1 Å². The molecule has 5 heteroatoms. The summed E-state index contributed by atoms with van der Waals surface area (Å²) in [5, 5.41) is 0. The Labute approximate surface area is 123 Å². The molecule has 108 valence electrons. The fourth-order valence-electron chi connectivity index (χ4n) is 1.90. The average molecular weight is 283 g/mol. The van der Waals surface area contributed by atoms with E-state index in [-0.39, 0.29) is 12.5 Å². The number of furan rings is 1. The zero-order chi connectivity index (χ0) is 15.2. The molecule has 0 saturated carbocycles. The lowest BCUT2D eigenvalue weighted by molar-refractivity contribution is 0.0784. The van der Waals surface area contributed by atoms with Crippen LogP contribution in [-0.4, -0.2) is 29.4 Å². The number of aryl methyl sites for hydroxylation is 1. The third kappa shape index (κ3) is 3.71. The van der Waals surface area contributed by atoms with Gasteiger partial charge in [0.05, 0.1) is 18.4 Å². The van der Waals surface area contributed by atoms with Gasteiger partial charge in [0, 0.05) is 37.1 Å². The van der Waals surface area contributed by atoms with Gasteiger partial charge in [0.2, 0.25) is 0 Å². The normalized spacial score (nSPS) is 9.86. The molecule has 0 saturated heterocycles. The predicted molar refractivity (Wildman–Crippen MR) is 79.4 cm³/mol. The summed E-state index contributed by atoms with van der Waals surface area (Å²) in [6.45, 7) is 2.63. The van der Waals surface area contributed by atoms with E-state index in [1.165, 1.54) is 6.20 Å². The second-order valence-corrected chi connectivity index (χ2v) is 4.63. The molecule has 0 fully saturated rings. The minimum atomic E-state index is -0.112. The Morgan fingerprint density at radius 1 is 1.48 bits per heavy atom. The zero-order valence-electron chi connectivity index (χ0n) is 12.1. The molecule has 1 amide bonds. The summed E-state index contributed by atoms with van der Waals surface area (Å²) in [5.41, 5.74) is 7.50. The summed E-state index contributed by atoms with van der Waals surface area (Å²) in [5.74, 6) is 6.32. The number of nitrogens with zero attached hydrogens (tertiary/aromatic N) is 2. The third-order valence-corrected chi connectivity index (χ3v) is 3.04. The molecule has 0 bridgehead atoms. The smallest absolute Gasteiger partial charge is 0.255 e. The molecule has 2 aromatic heterocycles. The fourth-order valence-corrected chi connectivity index (χ4v) is 1.90. The van der Waals surface area contributed by atoms with Crippen LogP contribution in [0.15, 0.2) is 35.2 Å². The molecule has 2 heterocycles. The Hall–Kier alpha value is -2.58. The lowest BCUT2D eigenvalue weighted by atomic mass is 10.1. The van der Waals surface area contributed by atoms with E-state index in [9.17, 15) is 4.79 Å². The monoisotopic (exact) mass is 283 g/mol. The van der Waals surface area contributed by atoms with Crippen LogP contribution in [0.4, 0.5) is 0 Å². The number of hydrogen-bond acceptors (Lipinski definition) is 4. The molecular weight excluding hydrogens is 266 g/mol. The first-order valence-corrected chi connectivity index (χ1v) is 6.54. The van der Waals surface area contributed by atoms with Crippen LogP contribution in [0, 0.1) is 18.8 Å². The van der Waals surface area contributed by atoms with Crippen molar-refractivity contribution in [3.05, 3.63) is 53.2 Å². The number of pyridine rings is 1. The van der Waals surface area contributed by atoms with Crippen LogP contribution in [-0.2, 0) is 6.54 Å². The van der Waals surface area contributed by atoms with Crippen molar-refractivity contribution in [3.8, 4) is 11.8 Å². The van der Waals surface area contributed by atoms with Crippen molar-refractivity contribution < 1.29 is 9.21 Å². The molecule has 0 aromatic carbocycles. The number of carbonyl (C=O) groups is 1. The summed E-state index contributed by atoms with van der Waals surface area (Å²) in [7, 11) is 1.74. The van der Waals surface area contributed by atoms with Crippen LogP contribution in [0.25, 0.3) is 0 Å². The fraction of sp³-hybridized carbons (Fsp3) is 0.250. The second-order valence-electron chi connectivity index (χ2n) is 4.63. The van der Waals surface area contributed by atoms with Gasteiger partial charge >= 0.3 is 0 Å². The van der Waals surface area contributed by atoms with E-state index < -0.39 is 0 Å². The summed E-state index contributed by atoms with van der Waals surface area (Å²) in [6, 6.07) is 3.58. The minimum absolute atomic E-state index is 0.112. The van der Waals surface area contributed by atoms with E-state index >= 15 is 0 Å². The maximum absolute atomic E-state index is 12.4. The predicted octanol–water partition coefficient (Wildman–Crippen LogP) is 1.57. The summed E-state index contributed by atoms with van der Waals surface area (Å²) < 4.78 is 5.23. The van der Waals surface area contributed by atoms with Gasteiger partial charge in [-0.2, -0.15) is 0 Å². The van der Waals surface area contributed by atoms with Crippen LogP contribution in [0.1, 0.15) is 27.2 Å². The third-order valence-electron chi connectivity index (χ3n) is 3.04. The van der Waals surface area contributed by atoms with Crippen LogP contribution < -0.4 is 5.73 Å². The van der Waals surface area contributed by atoms with Gasteiger partial charge in [-0.25, -0.2) is 0 Å². The number of hydrogen-bond donors (Lipinski definition) is 1. The van der Waals surface area contributed by atoms with Crippen LogP contribution in [0.5, 0.6) is 0 Å². The Bertz CT molecular complexity index is 695. The van der Waals surface area contributed by atoms with Crippen molar-refractivity contribution in [3.63, 3.8) is 0 Å². The summed E-state index contributed by atoms with van der Waals surface area (Å²) in [6.07, 6.45) is 4.77. The van der Waals surface area contributed by atoms with Crippen molar-refractivity contribution in [2.45, 2.75) is 13.5 Å². The Morgan fingerprint density at radius 2 is 2.29 bits per heavy atom. The molecule has 2 aromatic rings. The summed E-state index contributed by atoms with van der Waals surface area (Å²) in [4.78, 5) is 18.1. The van der Waals surface area contributed by atoms with Crippen LogP contribution in [0.3, 0.4) is 0 Å². The van der Waals surface area contributed by atoms with Crippen molar-refractivity contribution in [1.29, 1.82) is 0 Å². The van der Waals surface area contributed by atoms with Crippen LogP contribution >= 0.6 is 0 Å². The largest absolute Gasteiger partial charge is 0.469 e. The lowest BCUT2D eigenvalue weighted by Crippen LogP contribution is -2.26. The number of carbonyl (C=O) groups excluding carboxylic acids is 1. The van der Waals surface area contributed by atoms with E-state index in [1.54, 1.807) is 30.5 Å². The van der Waals surface area contributed by atoms with Gasteiger partial charge in [0.15, 0.2) is 0 Å². The van der Waals surface area contributed by atoms with Gasteiger partial charge in [-0.15, -0.1) is 0 Å². The summed E-state index contributed by atoms with van der Waals surface area (Å²) >= 11 is 0. The van der Waals surface area contributed by atoms with E-state index in [4.69, 9.17) is 10.2 Å². The van der Waals surface area contributed by atoms with Gasteiger partial charge < -0.3 is 15.1 Å². The molecule has 5 nitrogen and oxygen atoms in total. The highest BCUT2D eigenvalue weighted by molar-refractivity contribution is 5.94. The number of aromatic nitrogens is 1. The molecule has 0 radical (unpaired) electrons. The lowest BCUT2D eigenvalue weighted by Gasteiger charge is -2.16. The van der Waals surface area contributed by atoms with Crippen molar-refractivity contribution in [2.75, 3.05) is 13.6 Å². The van der Waals surface area contributed by atoms with Gasteiger partial charge in [0.25, 0.3) is 5.91 Å².